The van der Waals surface area contributed by atoms with E-state index in [0.717, 1.165) is 29.0 Å². The Labute approximate surface area is 148 Å². The number of nitrogens with one attached hydrogen (secondary N) is 1. The van der Waals surface area contributed by atoms with Gasteiger partial charge in [-0.3, -0.25) is 9.10 Å². The number of halogens is 1. The molecule has 0 spiro atoms. The zero-order chi connectivity index (χ0) is 18.0. The second-order valence-corrected chi connectivity index (χ2v) is 9.15. The van der Waals surface area contributed by atoms with Gasteiger partial charge in [-0.05, 0) is 55.2 Å². The maximum atomic E-state index is 13.4. The molecule has 2 aliphatic rings. The van der Waals surface area contributed by atoms with E-state index in [2.05, 4.69) is 5.32 Å². The van der Waals surface area contributed by atoms with Crippen molar-refractivity contribution >= 4 is 21.6 Å². The summed E-state index contributed by atoms with van der Waals surface area (Å²) in [6.45, 7) is 0.268. The molecule has 5 nitrogen and oxygen atoms in total. The van der Waals surface area contributed by atoms with Crippen LogP contribution in [0.4, 0.5) is 10.1 Å². The average Bonchev–Trinajstić information content (AvgIpc) is 3.13. The third kappa shape index (κ3) is 4.32. The van der Waals surface area contributed by atoms with E-state index in [1.165, 1.54) is 43.9 Å². The molecule has 0 aliphatic heterocycles. The molecular weight excluding hydrogens is 343 g/mol. The predicted molar refractivity (Wildman–Crippen MR) is 95.2 cm³/mol. The number of hydrogen-bond acceptors (Lipinski definition) is 3. The molecule has 1 amide bonds. The molecule has 0 heterocycles. The van der Waals surface area contributed by atoms with Gasteiger partial charge in [-0.2, -0.15) is 0 Å². The summed E-state index contributed by atoms with van der Waals surface area (Å²) in [5.41, 5.74) is 0.161. The number of rotatable bonds is 6. The zero-order valence-electron chi connectivity index (χ0n) is 14.4. The molecule has 0 unspecified atom stereocenters. The van der Waals surface area contributed by atoms with Crippen LogP contribution in [-0.4, -0.2) is 33.7 Å². The Morgan fingerprint density at radius 1 is 1.28 bits per heavy atom. The summed E-state index contributed by atoms with van der Waals surface area (Å²) in [7, 11) is -3.68. The van der Waals surface area contributed by atoms with Crippen molar-refractivity contribution in [2.24, 2.45) is 17.8 Å². The van der Waals surface area contributed by atoms with Crippen LogP contribution in [-0.2, 0) is 14.8 Å². The van der Waals surface area contributed by atoms with Crippen LogP contribution in [0.1, 0.15) is 32.1 Å². The smallest absolute Gasteiger partial charge is 0.240 e. The third-order valence-electron chi connectivity index (χ3n) is 5.58. The van der Waals surface area contributed by atoms with Crippen LogP contribution in [0.15, 0.2) is 24.3 Å². The van der Waals surface area contributed by atoms with Crippen LogP contribution in [0.3, 0.4) is 0 Å². The number of carbonyl (C=O) groups is 1. The zero-order valence-corrected chi connectivity index (χ0v) is 15.3. The molecule has 0 radical (unpaired) electrons. The number of anilines is 1. The topological polar surface area (TPSA) is 66.5 Å². The van der Waals surface area contributed by atoms with Crippen molar-refractivity contribution in [3.8, 4) is 0 Å². The Kier molecular flexibility index (Phi) is 5.32. The number of nitrogens with zero attached hydrogens (tertiary/aromatic N) is 1. The fraction of sp³-hybridized carbons (Fsp3) is 0.611. The van der Waals surface area contributed by atoms with E-state index < -0.39 is 15.8 Å². The highest BCUT2D eigenvalue weighted by molar-refractivity contribution is 7.92. The molecular formula is C18H25FN2O3S. The summed E-state index contributed by atoms with van der Waals surface area (Å²) in [5, 5.41) is 2.89. The lowest BCUT2D eigenvalue weighted by atomic mass is 9.92. The van der Waals surface area contributed by atoms with Crippen molar-refractivity contribution in [2.45, 2.75) is 32.1 Å². The van der Waals surface area contributed by atoms with E-state index in [-0.39, 0.29) is 18.1 Å². The van der Waals surface area contributed by atoms with Crippen LogP contribution in [0.25, 0.3) is 0 Å². The summed E-state index contributed by atoms with van der Waals surface area (Å²) >= 11 is 0. The molecule has 1 aromatic rings. The summed E-state index contributed by atoms with van der Waals surface area (Å²) < 4.78 is 38.4. The number of amides is 1. The fourth-order valence-corrected chi connectivity index (χ4v) is 5.25. The van der Waals surface area contributed by atoms with Crippen LogP contribution >= 0.6 is 0 Å². The van der Waals surface area contributed by atoms with E-state index >= 15 is 0 Å². The second-order valence-electron chi connectivity index (χ2n) is 7.25. The Morgan fingerprint density at radius 2 is 2.08 bits per heavy atom. The van der Waals surface area contributed by atoms with Crippen molar-refractivity contribution in [3.63, 3.8) is 0 Å². The van der Waals surface area contributed by atoms with E-state index in [9.17, 15) is 17.6 Å². The van der Waals surface area contributed by atoms with Gasteiger partial charge in [0, 0.05) is 6.54 Å². The third-order valence-corrected chi connectivity index (χ3v) is 6.72. The van der Waals surface area contributed by atoms with E-state index in [1.54, 1.807) is 0 Å². The SMILES string of the molecule is CS(=O)(=O)N(CC(=O)NC[C@H]1CC[C@@H]2CCC[C@@H]21)c1cccc(F)c1. The number of benzene rings is 1. The van der Waals surface area contributed by atoms with E-state index in [4.69, 9.17) is 0 Å². The first-order chi connectivity index (χ1) is 11.8. The van der Waals surface area contributed by atoms with Crippen molar-refractivity contribution in [1.29, 1.82) is 0 Å². The van der Waals surface area contributed by atoms with Crippen molar-refractivity contribution in [3.05, 3.63) is 30.1 Å². The lowest BCUT2D eigenvalue weighted by Gasteiger charge is -2.23. The van der Waals surface area contributed by atoms with Gasteiger partial charge in [-0.15, -0.1) is 0 Å². The Morgan fingerprint density at radius 3 is 2.80 bits per heavy atom. The van der Waals surface area contributed by atoms with Gasteiger partial charge in [-0.25, -0.2) is 12.8 Å². The van der Waals surface area contributed by atoms with E-state index in [1.807, 2.05) is 0 Å². The summed E-state index contributed by atoms with van der Waals surface area (Å²) in [6, 6.07) is 5.27. The Bertz CT molecular complexity index is 738. The lowest BCUT2D eigenvalue weighted by molar-refractivity contribution is -0.119. The molecule has 2 aliphatic carbocycles. The standard InChI is InChI=1S/C18H25FN2O3S/c1-25(23,24)21(16-6-3-5-15(19)10-16)12-18(22)20-11-14-9-8-13-4-2-7-17(13)14/h3,5-6,10,13-14,17H,2,4,7-9,11-12H2,1H3,(H,20,22)/t13-,14+,17-/m0/s1. The van der Waals surface area contributed by atoms with E-state index in [0.29, 0.717) is 18.4 Å². The molecule has 138 valence electrons. The molecule has 25 heavy (non-hydrogen) atoms. The maximum absolute atomic E-state index is 13.4. The summed E-state index contributed by atoms with van der Waals surface area (Å²) in [4.78, 5) is 12.3. The molecule has 1 N–H and O–H groups in total. The van der Waals surface area contributed by atoms with Gasteiger partial charge in [0.15, 0.2) is 0 Å². The second kappa shape index (κ2) is 7.32. The Balaban J connectivity index is 1.61. The normalized spacial score (nSPS) is 25.6. The largest absolute Gasteiger partial charge is 0.354 e. The number of carbonyl (C=O) groups excluding carboxylic acids is 1. The molecule has 0 saturated heterocycles. The van der Waals surface area contributed by atoms with Crippen LogP contribution < -0.4 is 9.62 Å². The van der Waals surface area contributed by atoms with Crippen LogP contribution in [0, 0.1) is 23.6 Å². The highest BCUT2D eigenvalue weighted by atomic mass is 32.2. The molecule has 0 aromatic heterocycles. The van der Waals surface area contributed by atoms with Gasteiger partial charge in [-0.1, -0.05) is 18.9 Å². The van der Waals surface area contributed by atoms with Crippen LogP contribution in [0.2, 0.25) is 0 Å². The highest BCUT2D eigenvalue weighted by Crippen LogP contribution is 2.47. The molecule has 7 heteroatoms. The van der Waals surface area contributed by atoms with Gasteiger partial charge in [0.2, 0.25) is 15.9 Å². The minimum absolute atomic E-state index is 0.161. The van der Waals surface area contributed by atoms with Gasteiger partial charge in [0.05, 0.1) is 11.9 Å². The Hall–Kier alpha value is -1.63. The average molecular weight is 368 g/mol. The monoisotopic (exact) mass is 368 g/mol. The fourth-order valence-electron chi connectivity index (χ4n) is 4.40. The summed E-state index contributed by atoms with van der Waals surface area (Å²) in [6.07, 6.45) is 7.21. The highest BCUT2D eigenvalue weighted by Gasteiger charge is 2.38. The van der Waals surface area contributed by atoms with Crippen molar-refractivity contribution in [2.75, 3.05) is 23.7 Å². The van der Waals surface area contributed by atoms with Crippen molar-refractivity contribution in [1.82, 2.24) is 5.32 Å². The number of hydrogen-bond donors (Lipinski definition) is 1. The summed E-state index contributed by atoms with van der Waals surface area (Å²) in [5.74, 6) is 1.12. The lowest BCUT2D eigenvalue weighted by Crippen LogP contribution is -2.42. The van der Waals surface area contributed by atoms with Gasteiger partial charge in [0.25, 0.3) is 0 Å². The predicted octanol–water partition coefficient (Wildman–Crippen LogP) is 2.53. The van der Waals surface area contributed by atoms with Crippen LogP contribution in [0.5, 0.6) is 0 Å². The molecule has 0 bridgehead atoms. The van der Waals surface area contributed by atoms with Crippen molar-refractivity contribution < 1.29 is 17.6 Å². The minimum atomic E-state index is -3.68. The quantitative estimate of drug-likeness (QED) is 0.839. The molecule has 1 aromatic carbocycles. The van der Waals surface area contributed by atoms with Gasteiger partial charge >= 0.3 is 0 Å². The molecule has 3 atom stereocenters. The minimum Gasteiger partial charge on any atom is -0.354 e. The molecule has 3 rings (SSSR count). The van der Waals surface area contributed by atoms with Gasteiger partial charge < -0.3 is 5.32 Å². The molecule has 2 fully saturated rings. The number of fused-ring (bicyclic) bond motifs is 1. The first kappa shape index (κ1) is 18.2. The first-order valence-corrected chi connectivity index (χ1v) is 10.7. The first-order valence-electron chi connectivity index (χ1n) is 8.84. The number of sulfonamides is 1. The van der Waals surface area contributed by atoms with Gasteiger partial charge in [0.1, 0.15) is 12.4 Å². The maximum Gasteiger partial charge on any atom is 0.240 e. The molecule has 2 saturated carbocycles.